The maximum absolute atomic E-state index is 13.3. The first kappa shape index (κ1) is 13.5. The van der Waals surface area contributed by atoms with Crippen LogP contribution in [0.3, 0.4) is 0 Å². The van der Waals surface area contributed by atoms with Gasteiger partial charge in [-0.25, -0.2) is 4.39 Å². The Hall–Kier alpha value is -1.94. The van der Waals surface area contributed by atoms with Gasteiger partial charge in [0.2, 0.25) is 0 Å². The lowest BCUT2D eigenvalue weighted by molar-refractivity contribution is 0.342. The maximum atomic E-state index is 13.3. The number of benzene rings is 2. The van der Waals surface area contributed by atoms with Gasteiger partial charge in [-0.3, -0.25) is 0 Å². The van der Waals surface area contributed by atoms with E-state index in [1.165, 1.54) is 12.1 Å². The van der Waals surface area contributed by atoms with E-state index >= 15 is 0 Å². The molecular formula is C14H14ClFN2O. The lowest BCUT2D eigenvalue weighted by atomic mass is 10.2. The summed E-state index contributed by atoms with van der Waals surface area (Å²) in [6, 6.07) is 9.83. The highest BCUT2D eigenvalue weighted by molar-refractivity contribution is 6.30. The molecule has 0 spiro atoms. The fraction of sp³-hybridized carbons (Fsp3) is 0.143. The van der Waals surface area contributed by atoms with Crippen molar-refractivity contribution >= 4 is 28.7 Å². The van der Waals surface area contributed by atoms with Crippen LogP contribution in [0.15, 0.2) is 36.4 Å². The topological polar surface area (TPSA) is 47.3 Å². The standard InChI is InChI=1S/C14H14ClFN2O/c1-2-19-14-8-10(4-6-13(14)17)18-9-3-5-11(15)12(16)7-9/h3-8,18H,2,17H2,1H3. The number of anilines is 3. The quantitative estimate of drug-likeness (QED) is 0.825. The van der Waals surface area contributed by atoms with Crippen LogP contribution in [0.5, 0.6) is 5.75 Å². The number of nitrogens with two attached hydrogens (primary N) is 1. The van der Waals surface area contributed by atoms with E-state index in [0.29, 0.717) is 23.7 Å². The van der Waals surface area contributed by atoms with Gasteiger partial charge in [0.15, 0.2) is 0 Å². The average Bonchev–Trinajstić information content (AvgIpc) is 2.38. The first-order valence-corrected chi connectivity index (χ1v) is 6.22. The molecular weight excluding hydrogens is 267 g/mol. The van der Waals surface area contributed by atoms with Gasteiger partial charge in [0.1, 0.15) is 11.6 Å². The number of hydrogen-bond acceptors (Lipinski definition) is 3. The summed E-state index contributed by atoms with van der Waals surface area (Å²) >= 11 is 5.63. The third kappa shape index (κ3) is 3.29. The number of rotatable bonds is 4. The molecule has 0 saturated carbocycles. The smallest absolute Gasteiger partial charge is 0.144 e. The van der Waals surface area contributed by atoms with Crippen LogP contribution in [0.4, 0.5) is 21.5 Å². The predicted octanol–water partition coefficient (Wildman–Crippen LogP) is 4.20. The van der Waals surface area contributed by atoms with Crippen LogP contribution in [0, 0.1) is 5.82 Å². The fourth-order valence-corrected chi connectivity index (χ4v) is 1.75. The van der Waals surface area contributed by atoms with E-state index in [2.05, 4.69) is 5.32 Å². The zero-order valence-corrected chi connectivity index (χ0v) is 11.2. The summed E-state index contributed by atoms with van der Waals surface area (Å²) in [4.78, 5) is 0. The zero-order chi connectivity index (χ0) is 13.8. The highest BCUT2D eigenvalue weighted by atomic mass is 35.5. The molecule has 0 aliphatic carbocycles. The molecule has 0 atom stereocenters. The number of nitrogens with one attached hydrogen (secondary N) is 1. The summed E-state index contributed by atoms with van der Waals surface area (Å²) < 4.78 is 18.7. The third-order valence-corrected chi connectivity index (χ3v) is 2.83. The molecule has 0 saturated heterocycles. The third-order valence-electron chi connectivity index (χ3n) is 2.52. The Morgan fingerprint density at radius 3 is 2.58 bits per heavy atom. The zero-order valence-electron chi connectivity index (χ0n) is 10.4. The molecule has 0 amide bonds. The van der Waals surface area contributed by atoms with Crippen molar-refractivity contribution in [3.05, 3.63) is 47.2 Å². The van der Waals surface area contributed by atoms with Crippen molar-refractivity contribution < 1.29 is 9.13 Å². The van der Waals surface area contributed by atoms with Gasteiger partial charge in [-0.2, -0.15) is 0 Å². The summed E-state index contributed by atoms with van der Waals surface area (Å²) in [6.07, 6.45) is 0. The SMILES string of the molecule is CCOc1cc(Nc2ccc(Cl)c(F)c2)ccc1N. The summed E-state index contributed by atoms with van der Waals surface area (Å²) in [5.41, 5.74) is 7.72. The lowest BCUT2D eigenvalue weighted by Crippen LogP contribution is -1.98. The lowest BCUT2D eigenvalue weighted by Gasteiger charge is -2.11. The van der Waals surface area contributed by atoms with Gasteiger partial charge >= 0.3 is 0 Å². The minimum Gasteiger partial charge on any atom is -0.492 e. The number of nitrogen functional groups attached to an aromatic ring is 1. The molecule has 0 heterocycles. The Balaban J connectivity index is 2.22. The molecule has 0 radical (unpaired) electrons. The maximum Gasteiger partial charge on any atom is 0.144 e. The fourth-order valence-electron chi connectivity index (χ4n) is 1.63. The molecule has 0 aromatic heterocycles. The molecule has 0 unspecified atom stereocenters. The molecule has 2 aromatic carbocycles. The van der Waals surface area contributed by atoms with Crippen LogP contribution in [0.2, 0.25) is 5.02 Å². The Morgan fingerprint density at radius 2 is 1.89 bits per heavy atom. The van der Waals surface area contributed by atoms with Crippen molar-refractivity contribution in [3.8, 4) is 5.75 Å². The van der Waals surface area contributed by atoms with Gasteiger partial charge < -0.3 is 15.8 Å². The summed E-state index contributed by atoms with van der Waals surface area (Å²) in [5, 5.41) is 3.16. The molecule has 5 heteroatoms. The summed E-state index contributed by atoms with van der Waals surface area (Å²) in [6.45, 7) is 2.41. The largest absolute Gasteiger partial charge is 0.492 e. The van der Waals surface area contributed by atoms with Crippen LogP contribution in [-0.4, -0.2) is 6.61 Å². The van der Waals surface area contributed by atoms with Crippen LogP contribution >= 0.6 is 11.6 Å². The Bertz CT molecular complexity index is 590. The first-order chi connectivity index (χ1) is 9.10. The van der Waals surface area contributed by atoms with Gasteiger partial charge in [-0.05, 0) is 37.3 Å². The minimum atomic E-state index is -0.466. The van der Waals surface area contributed by atoms with Crippen LogP contribution in [0.1, 0.15) is 6.92 Å². The van der Waals surface area contributed by atoms with E-state index in [4.69, 9.17) is 22.1 Å². The second-order valence-corrected chi connectivity index (χ2v) is 4.35. The normalized spacial score (nSPS) is 10.3. The molecule has 0 aliphatic heterocycles. The predicted molar refractivity (Wildman–Crippen MR) is 76.7 cm³/mol. The monoisotopic (exact) mass is 280 g/mol. The van der Waals surface area contributed by atoms with Crippen molar-refractivity contribution in [2.24, 2.45) is 0 Å². The van der Waals surface area contributed by atoms with Crippen LogP contribution in [0.25, 0.3) is 0 Å². The molecule has 100 valence electrons. The molecule has 19 heavy (non-hydrogen) atoms. The number of halogens is 2. The van der Waals surface area contributed by atoms with Crippen molar-refractivity contribution in [1.82, 2.24) is 0 Å². The molecule has 0 aliphatic rings. The second kappa shape index (κ2) is 5.80. The highest BCUT2D eigenvalue weighted by Crippen LogP contribution is 2.28. The summed E-state index contributed by atoms with van der Waals surface area (Å²) in [7, 11) is 0. The van der Waals surface area contributed by atoms with Gasteiger partial charge in [0.25, 0.3) is 0 Å². The van der Waals surface area contributed by atoms with Crippen molar-refractivity contribution in [2.75, 3.05) is 17.7 Å². The van der Waals surface area contributed by atoms with E-state index < -0.39 is 5.82 Å². The molecule has 2 rings (SSSR count). The van der Waals surface area contributed by atoms with Gasteiger partial charge in [0.05, 0.1) is 17.3 Å². The second-order valence-electron chi connectivity index (χ2n) is 3.94. The molecule has 2 aromatic rings. The van der Waals surface area contributed by atoms with Gasteiger partial charge in [-0.15, -0.1) is 0 Å². The van der Waals surface area contributed by atoms with E-state index in [9.17, 15) is 4.39 Å². The highest BCUT2D eigenvalue weighted by Gasteiger charge is 2.04. The van der Waals surface area contributed by atoms with Crippen LogP contribution < -0.4 is 15.8 Å². The number of hydrogen-bond donors (Lipinski definition) is 2. The van der Waals surface area contributed by atoms with Gasteiger partial charge in [-0.1, -0.05) is 11.6 Å². The van der Waals surface area contributed by atoms with Crippen molar-refractivity contribution in [3.63, 3.8) is 0 Å². The van der Waals surface area contributed by atoms with Crippen LogP contribution in [-0.2, 0) is 0 Å². The molecule has 0 bridgehead atoms. The summed E-state index contributed by atoms with van der Waals surface area (Å²) in [5.74, 6) is 0.133. The Morgan fingerprint density at radius 1 is 1.21 bits per heavy atom. The molecule has 3 N–H and O–H groups in total. The average molecular weight is 281 g/mol. The van der Waals surface area contributed by atoms with Crippen molar-refractivity contribution in [1.29, 1.82) is 0 Å². The van der Waals surface area contributed by atoms with Crippen molar-refractivity contribution in [2.45, 2.75) is 6.92 Å². The van der Waals surface area contributed by atoms with Gasteiger partial charge in [0, 0.05) is 17.4 Å². The Labute approximate surface area is 116 Å². The van der Waals surface area contributed by atoms with E-state index in [1.54, 1.807) is 24.3 Å². The van der Waals surface area contributed by atoms with E-state index in [-0.39, 0.29) is 5.02 Å². The molecule has 0 fully saturated rings. The number of ether oxygens (including phenoxy) is 1. The van der Waals surface area contributed by atoms with E-state index in [0.717, 1.165) is 5.69 Å². The Kier molecular flexibility index (Phi) is 4.12. The van der Waals surface area contributed by atoms with E-state index in [1.807, 2.05) is 6.92 Å². The molecule has 3 nitrogen and oxygen atoms in total. The first-order valence-electron chi connectivity index (χ1n) is 5.84. The minimum absolute atomic E-state index is 0.0952.